The van der Waals surface area contributed by atoms with Gasteiger partial charge in [-0.05, 0) is 43.2 Å². The number of fused-ring (bicyclic) bond motifs is 1. The van der Waals surface area contributed by atoms with Crippen LogP contribution in [-0.4, -0.2) is 30.4 Å². The van der Waals surface area contributed by atoms with E-state index in [4.69, 9.17) is 16.7 Å². The van der Waals surface area contributed by atoms with Crippen LogP contribution in [0.5, 0.6) is 0 Å². The van der Waals surface area contributed by atoms with Crippen LogP contribution >= 0.6 is 11.6 Å². The van der Waals surface area contributed by atoms with E-state index in [2.05, 4.69) is 55.5 Å². The van der Waals surface area contributed by atoms with Crippen LogP contribution in [-0.2, 0) is 6.42 Å². The summed E-state index contributed by atoms with van der Waals surface area (Å²) in [5.41, 5.74) is 6.80. The third kappa shape index (κ3) is 2.76. The van der Waals surface area contributed by atoms with Gasteiger partial charge in [0.05, 0.1) is 11.4 Å². The number of hydrogen-bond acceptors (Lipinski definition) is 3. The highest BCUT2D eigenvalue weighted by Crippen LogP contribution is 2.36. The van der Waals surface area contributed by atoms with Gasteiger partial charge in [0.1, 0.15) is 5.82 Å². The summed E-state index contributed by atoms with van der Waals surface area (Å²) in [6.07, 6.45) is 0.983. The van der Waals surface area contributed by atoms with Crippen molar-refractivity contribution in [1.82, 2.24) is 9.78 Å². The maximum Gasteiger partial charge on any atom is 0.133 e. The predicted octanol–water partition coefficient (Wildman–Crippen LogP) is 4.54. The Kier molecular flexibility index (Phi) is 3.92. The smallest absolute Gasteiger partial charge is 0.133 e. The normalized spacial score (nSPS) is 12.8. The summed E-state index contributed by atoms with van der Waals surface area (Å²) >= 11 is 6.23. The van der Waals surface area contributed by atoms with Crippen LogP contribution in [0.15, 0.2) is 42.5 Å². The Morgan fingerprint density at radius 1 is 1.16 bits per heavy atom. The fourth-order valence-corrected chi connectivity index (χ4v) is 3.49. The number of halogens is 1. The first-order chi connectivity index (χ1) is 12.0. The molecule has 1 aliphatic rings. The molecule has 0 spiro atoms. The fourth-order valence-electron chi connectivity index (χ4n) is 3.32. The van der Waals surface area contributed by atoms with Crippen LogP contribution in [0.1, 0.15) is 11.1 Å². The SMILES string of the molecule is Cc1ccc(Cl)cc1-n1nc(-c2cccc(N(C)C)c2)c2c1NCC2. The lowest BCUT2D eigenvalue weighted by molar-refractivity contribution is 0.875. The van der Waals surface area contributed by atoms with Crippen LogP contribution in [0.25, 0.3) is 16.9 Å². The summed E-state index contributed by atoms with van der Waals surface area (Å²) < 4.78 is 2.00. The van der Waals surface area contributed by atoms with Gasteiger partial charge in [-0.3, -0.25) is 0 Å². The third-order valence-corrected chi connectivity index (χ3v) is 4.92. The Labute approximate surface area is 153 Å². The van der Waals surface area contributed by atoms with Gasteiger partial charge in [-0.15, -0.1) is 0 Å². The molecule has 4 rings (SSSR count). The van der Waals surface area contributed by atoms with Gasteiger partial charge in [0, 0.05) is 42.5 Å². The quantitative estimate of drug-likeness (QED) is 0.751. The van der Waals surface area contributed by atoms with E-state index >= 15 is 0 Å². The zero-order valence-electron chi connectivity index (χ0n) is 14.7. The molecule has 3 aromatic rings. The summed E-state index contributed by atoms with van der Waals surface area (Å²) in [7, 11) is 4.11. The highest BCUT2D eigenvalue weighted by Gasteiger charge is 2.24. The first kappa shape index (κ1) is 16.0. The summed E-state index contributed by atoms with van der Waals surface area (Å²) in [5, 5.41) is 9.16. The maximum atomic E-state index is 6.23. The monoisotopic (exact) mass is 352 g/mol. The zero-order chi connectivity index (χ0) is 17.6. The Hall–Kier alpha value is -2.46. The number of nitrogens with zero attached hydrogens (tertiary/aromatic N) is 3. The molecular weight excluding hydrogens is 332 g/mol. The minimum atomic E-state index is 0.721. The van der Waals surface area contributed by atoms with Gasteiger partial charge in [0.15, 0.2) is 0 Å². The number of anilines is 2. The number of benzene rings is 2. The molecule has 2 aromatic carbocycles. The van der Waals surface area contributed by atoms with Crippen molar-refractivity contribution in [2.24, 2.45) is 0 Å². The maximum absolute atomic E-state index is 6.23. The summed E-state index contributed by atoms with van der Waals surface area (Å²) in [6, 6.07) is 14.4. The van der Waals surface area contributed by atoms with E-state index in [1.54, 1.807) is 0 Å². The average Bonchev–Trinajstić information content (AvgIpc) is 3.19. The van der Waals surface area contributed by atoms with E-state index in [1.807, 2.05) is 22.9 Å². The van der Waals surface area contributed by atoms with Crippen molar-refractivity contribution in [3.8, 4) is 16.9 Å². The van der Waals surface area contributed by atoms with Gasteiger partial charge < -0.3 is 10.2 Å². The molecule has 1 N–H and O–H groups in total. The van der Waals surface area contributed by atoms with Crippen molar-refractivity contribution in [1.29, 1.82) is 0 Å². The minimum absolute atomic E-state index is 0.721. The second-order valence-electron chi connectivity index (χ2n) is 6.64. The lowest BCUT2D eigenvalue weighted by atomic mass is 10.1. The van der Waals surface area contributed by atoms with Crippen molar-refractivity contribution in [3.63, 3.8) is 0 Å². The fraction of sp³-hybridized carbons (Fsp3) is 0.250. The van der Waals surface area contributed by atoms with Crippen LogP contribution < -0.4 is 10.2 Å². The van der Waals surface area contributed by atoms with E-state index in [0.29, 0.717) is 0 Å². The Morgan fingerprint density at radius 2 is 2.00 bits per heavy atom. The highest BCUT2D eigenvalue weighted by atomic mass is 35.5. The lowest BCUT2D eigenvalue weighted by Gasteiger charge is -2.13. The molecule has 4 nitrogen and oxygen atoms in total. The average molecular weight is 353 g/mol. The number of aryl methyl sites for hydroxylation is 1. The Morgan fingerprint density at radius 3 is 2.80 bits per heavy atom. The molecule has 0 saturated carbocycles. The molecule has 5 heteroatoms. The summed E-state index contributed by atoms with van der Waals surface area (Å²) in [5.74, 6) is 1.08. The molecule has 0 bridgehead atoms. The van der Waals surface area contributed by atoms with Crippen LogP contribution in [0.2, 0.25) is 5.02 Å². The van der Waals surface area contributed by atoms with Crippen LogP contribution in [0.4, 0.5) is 11.5 Å². The molecule has 0 saturated heterocycles. The standard InChI is InChI=1S/C20H21ClN4/c1-13-7-8-15(21)12-18(13)25-20-17(9-10-22-20)19(23-25)14-5-4-6-16(11-14)24(2)3/h4-8,11-12,22H,9-10H2,1-3H3. The van der Waals surface area contributed by atoms with Gasteiger partial charge >= 0.3 is 0 Å². The minimum Gasteiger partial charge on any atom is -0.378 e. The first-order valence-corrected chi connectivity index (χ1v) is 8.82. The van der Waals surface area contributed by atoms with Gasteiger partial charge in [-0.25, -0.2) is 4.68 Å². The number of nitrogens with one attached hydrogen (secondary N) is 1. The molecule has 0 unspecified atom stereocenters. The zero-order valence-corrected chi connectivity index (χ0v) is 15.4. The van der Waals surface area contributed by atoms with Crippen molar-refractivity contribution >= 4 is 23.1 Å². The molecule has 1 aliphatic heterocycles. The number of hydrogen-bond donors (Lipinski definition) is 1. The molecule has 0 radical (unpaired) electrons. The molecule has 2 heterocycles. The topological polar surface area (TPSA) is 33.1 Å². The highest BCUT2D eigenvalue weighted by molar-refractivity contribution is 6.30. The third-order valence-electron chi connectivity index (χ3n) is 4.69. The summed E-state index contributed by atoms with van der Waals surface area (Å²) in [4.78, 5) is 2.11. The van der Waals surface area contributed by atoms with Gasteiger partial charge in [0.25, 0.3) is 0 Å². The van der Waals surface area contributed by atoms with Crippen molar-refractivity contribution in [2.45, 2.75) is 13.3 Å². The van der Waals surface area contributed by atoms with Gasteiger partial charge in [0.2, 0.25) is 0 Å². The molecular formula is C20H21ClN4. The van der Waals surface area contributed by atoms with E-state index in [0.717, 1.165) is 46.3 Å². The first-order valence-electron chi connectivity index (χ1n) is 8.44. The Bertz CT molecular complexity index is 943. The number of rotatable bonds is 3. The molecule has 0 aliphatic carbocycles. The van der Waals surface area contributed by atoms with E-state index in [9.17, 15) is 0 Å². The number of aromatic nitrogens is 2. The second-order valence-corrected chi connectivity index (χ2v) is 7.08. The predicted molar refractivity (Wildman–Crippen MR) is 105 cm³/mol. The molecule has 0 amide bonds. The van der Waals surface area contributed by atoms with Gasteiger partial charge in [-0.2, -0.15) is 5.10 Å². The molecule has 0 fully saturated rings. The molecule has 0 atom stereocenters. The van der Waals surface area contributed by atoms with Crippen molar-refractivity contribution < 1.29 is 0 Å². The lowest BCUT2D eigenvalue weighted by Crippen LogP contribution is -2.08. The molecule has 25 heavy (non-hydrogen) atoms. The second kappa shape index (κ2) is 6.12. The van der Waals surface area contributed by atoms with Crippen LogP contribution in [0, 0.1) is 6.92 Å². The van der Waals surface area contributed by atoms with Crippen molar-refractivity contribution in [3.05, 3.63) is 58.6 Å². The molecule has 128 valence electrons. The largest absolute Gasteiger partial charge is 0.378 e. The summed E-state index contributed by atoms with van der Waals surface area (Å²) in [6.45, 7) is 3.02. The van der Waals surface area contributed by atoms with E-state index in [1.165, 1.54) is 11.3 Å². The Balaban J connectivity index is 1.89. The van der Waals surface area contributed by atoms with E-state index < -0.39 is 0 Å². The van der Waals surface area contributed by atoms with E-state index in [-0.39, 0.29) is 0 Å². The molecule has 1 aromatic heterocycles. The van der Waals surface area contributed by atoms with Crippen LogP contribution in [0.3, 0.4) is 0 Å². The van der Waals surface area contributed by atoms with Crippen molar-refractivity contribution in [2.75, 3.05) is 30.9 Å². The van der Waals surface area contributed by atoms with Gasteiger partial charge in [-0.1, -0.05) is 29.8 Å².